The maximum absolute atomic E-state index is 12.0. The van der Waals surface area contributed by atoms with Crippen LogP contribution in [0.25, 0.3) is 0 Å². The monoisotopic (exact) mass is 528 g/mol. The van der Waals surface area contributed by atoms with Gasteiger partial charge in [0.05, 0.1) is 25.4 Å². The lowest BCUT2D eigenvalue weighted by Gasteiger charge is -2.29. The Bertz CT molecular complexity index is 642. The molecule has 2 atom stereocenters. The number of carbonyl (C=O) groups is 3. The molecule has 0 aliphatic heterocycles. The van der Waals surface area contributed by atoms with Crippen molar-refractivity contribution < 1.29 is 33.7 Å². The van der Waals surface area contributed by atoms with E-state index < -0.39 is 11.4 Å². The normalized spacial score (nSPS) is 17.8. The fourth-order valence-corrected chi connectivity index (χ4v) is 4.42. The summed E-state index contributed by atoms with van der Waals surface area (Å²) in [5.74, 6) is 0.126. The molecule has 9 nitrogen and oxygen atoms in total. The van der Waals surface area contributed by atoms with Crippen molar-refractivity contribution in [3.63, 3.8) is 0 Å². The number of amides is 1. The summed E-state index contributed by atoms with van der Waals surface area (Å²) in [6, 6.07) is 0. The van der Waals surface area contributed by atoms with Gasteiger partial charge in [-0.05, 0) is 64.2 Å². The topological polar surface area (TPSA) is 123 Å². The van der Waals surface area contributed by atoms with Crippen LogP contribution in [0.1, 0.15) is 104 Å². The van der Waals surface area contributed by atoms with Crippen molar-refractivity contribution in [2.24, 2.45) is 17.3 Å². The van der Waals surface area contributed by atoms with Crippen molar-refractivity contribution in [2.75, 3.05) is 39.6 Å². The zero-order valence-electron chi connectivity index (χ0n) is 23.5. The van der Waals surface area contributed by atoms with E-state index in [1.807, 2.05) is 20.8 Å². The highest BCUT2D eigenvalue weighted by Crippen LogP contribution is 2.28. The van der Waals surface area contributed by atoms with Crippen LogP contribution in [0, 0.1) is 17.3 Å². The van der Waals surface area contributed by atoms with Gasteiger partial charge < -0.3 is 24.6 Å². The van der Waals surface area contributed by atoms with Gasteiger partial charge in [-0.15, -0.1) is 0 Å². The van der Waals surface area contributed by atoms with E-state index in [0.717, 1.165) is 77.2 Å². The number of nitrogens with one attached hydrogen (secondary N) is 2. The number of unbranched alkanes of at least 4 members (excludes halogenated alkanes) is 6. The number of carboxylic acid groups (broad SMARTS) is 1. The summed E-state index contributed by atoms with van der Waals surface area (Å²) >= 11 is 0. The van der Waals surface area contributed by atoms with Crippen LogP contribution in [0.5, 0.6) is 0 Å². The molecular weight excluding hydrogens is 476 g/mol. The van der Waals surface area contributed by atoms with E-state index in [9.17, 15) is 14.4 Å². The number of hydrogen-bond donors (Lipinski definition) is 3. The molecule has 0 bridgehead atoms. The first-order chi connectivity index (χ1) is 17.7. The van der Waals surface area contributed by atoms with Gasteiger partial charge in [-0.2, -0.15) is 0 Å². The molecule has 0 heterocycles. The maximum atomic E-state index is 12.0. The van der Waals surface area contributed by atoms with Gasteiger partial charge >= 0.3 is 18.0 Å². The number of carboxylic acids is 1. The molecule has 1 saturated carbocycles. The number of aliphatic carboxylic acids is 1. The second-order valence-electron chi connectivity index (χ2n) is 10.9. The van der Waals surface area contributed by atoms with E-state index in [4.69, 9.17) is 19.3 Å². The quantitative estimate of drug-likeness (QED) is 0.105. The predicted octanol–water partition coefficient (Wildman–Crippen LogP) is 5.27. The molecule has 1 aliphatic carbocycles. The molecule has 0 aromatic heterocycles. The Labute approximate surface area is 223 Å². The smallest absolute Gasteiger partial charge is 0.407 e. The molecule has 0 aromatic carbocycles. The Morgan fingerprint density at radius 1 is 0.865 bits per heavy atom. The summed E-state index contributed by atoms with van der Waals surface area (Å²) in [7, 11) is 0. The highest BCUT2D eigenvalue weighted by molar-refractivity contribution is 5.75. The molecule has 1 amide bonds. The van der Waals surface area contributed by atoms with Gasteiger partial charge in [-0.25, -0.2) is 4.79 Å². The zero-order valence-corrected chi connectivity index (χ0v) is 23.5. The molecule has 0 radical (unpaired) electrons. The summed E-state index contributed by atoms with van der Waals surface area (Å²) in [4.78, 5) is 34.4. The van der Waals surface area contributed by atoms with Crippen LogP contribution in [0.4, 0.5) is 4.79 Å². The standard InChI is InChI=1S/C28H52N2O7/c1-4-28(2,3)26(33)36-18-17-35-22-29-20-23-13-12-14-24(19-23)21-30-27(34)37-16-11-9-7-5-6-8-10-15-25(31)32/h23-24,29H,4-22H2,1-3H3,(H,30,34)(H,31,32). The minimum atomic E-state index is -0.721. The molecule has 37 heavy (non-hydrogen) atoms. The molecular formula is C28H52N2O7. The molecule has 1 fully saturated rings. The molecule has 2 unspecified atom stereocenters. The number of esters is 1. The first kappa shape index (κ1) is 33.2. The van der Waals surface area contributed by atoms with Crippen molar-refractivity contribution >= 4 is 18.0 Å². The van der Waals surface area contributed by atoms with Gasteiger partial charge in [0.15, 0.2) is 0 Å². The van der Waals surface area contributed by atoms with Crippen LogP contribution in [0.15, 0.2) is 0 Å². The minimum absolute atomic E-state index is 0.185. The lowest BCUT2D eigenvalue weighted by molar-refractivity contribution is -0.155. The zero-order chi connectivity index (χ0) is 27.4. The summed E-state index contributed by atoms with van der Waals surface area (Å²) in [5.41, 5.74) is -0.450. The van der Waals surface area contributed by atoms with Crippen molar-refractivity contribution in [1.29, 1.82) is 0 Å². The first-order valence-electron chi connectivity index (χ1n) is 14.3. The molecule has 0 spiro atoms. The molecule has 1 rings (SSSR count). The SMILES string of the molecule is CCC(C)(C)C(=O)OCCOCNCC1CCCC(CNC(=O)OCCCCCCCCCC(=O)O)C1. The largest absolute Gasteiger partial charge is 0.481 e. The number of hydrogen-bond acceptors (Lipinski definition) is 7. The van der Waals surface area contributed by atoms with Crippen molar-refractivity contribution in [3.8, 4) is 0 Å². The fraction of sp³-hybridized carbons (Fsp3) is 0.893. The summed E-state index contributed by atoms with van der Waals surface area (Å²) in [5, 5.41) is 14.9. The number of ether oxygens (including phenoxy) is 3. The Morgan fingerprint density at radius 2 is 1.51 bits per heavy atom. The summed E-state index contributed by atoms with van der Waals surface area (Å²) in [6.45, 7) is 8.80. The Morgan fingerprint density at radius 3 is 2.19 bits per heavy atom. The van der Waals surface area contributed by atoms with Crippen LogP contribution in [0.2, 0.25) is 0 Å². The van der Waals surface area contributed by atoms with Gasteiger partial charge in [0.1, 0.15) is 6.61 Å². The summed E-state index contributed by atoms with van der Waals surface area (Å²) < 4.78 is 16.1. The lowest BCUT2D eigenvalue weighted by Crippen LogP contribution is -2.35. The molecule has 0 aromatic rings. The van der Waals surface area contributed by atoms with Crippen LogP contribution in [-0.2, 0) is 23.8 Å². The second kappa shape index (κ2) is 20.1. The third-order valence-corrected chi connectivity index (χ3v) is 7.23. The Kier molecular flexibility index (Phi) is 18.0. The van der Waals surface area contributed by atoms with Gasteiger partial charge in [-0.1, -0.05) is 45.4 Å². The van der Waals surface area contributed by atoms with Crippen molar-refractivity contribution in [2.45, 2.75) is 104 Å². The minimum Gasteiger partial charge on any atom is -0.481 e. The predicted molar refractivity (Wildman–Crippen MR) is 143 cm³/mol. The number of carbonyl (C=O) groups excluding carboxylic acids is 2. The van der Waals surface area contributed by atoms with E-state index in [1.165, 1.54) is 6.42 Å². The van der Waals surface area contributed by atoms with Gasteiger partial charge in [-0.3, -0.25) is 14.9 Å². The van der Waals surface area contributed by atoms with Crippen LogP contribution < -0.4 is 10.6 Å². The Balaban J connectivity index is 1.98. The first-order valence-corrected chi connectivity index (χ1v) is 14.3. The number of alkyl carbamates (subject to hydrolysis) is 1. The number of rotatable bonds is 21. The van der Waals surface area contributed by atoms with E-state index >= 15 is 0 Å². The summed E-state index contributed by atoms with van der Waals surface area (Å²) in [6.07, 6.45) is 12.1. The highest BCUT2D eigenvalue weighted by Gasteiger charge is 2.27. The Hall–Kier alpha value is -1.87. The van der Waals surface area contributed by atoms with Gasteiger partial charge in [0.2, 0.25) is 0 Å². The second-order valence-corrected chi connectivity index (χ2v) is 10.9. The maximum Gasteiger partial charge on any atom is 0.407 e. The van der Waals surface area contributed by atoms with E-state index in [0.29, 0.717) is 38.3 Å². The third kappa shape index (κ3) is 17.3. The van der Waals surface area contributed by atoms with Crippen LogP contribution in [0.3, 0.4) is 0 Å². The lowest BCUT2D eigenvalue weighted by atomic mass is 9.81. The average molecular weight is 529 g/mol. The molecule has 1 aliphatic rings. The molecule has 0 saturated heterocycles. The van der Waals surface area contributed by atoms with Gasteiger partial charge in [0.25, 0.3) is 0 Å². The van der Waals surface area contributed by atoms with Crippen LogP contribution in [-0.4, -0.2) is 62.8 Å². The van der Waals surface area contributed by atoms with Gasteiger partial charge in [0, 0.05) is 19.5 Å². The van der Waals surface area contributed by atoms with Crippen LogP contribution >= 0.6 is 0 Å². The average Bonchev–Trinajstić information content (AvgIpc) is 2.87. The van der Waals surface area contributed by atoms with Crippen molar-refractivity contribution in [3.05, 3.63) is 0 Å². The third-order valence-electron chi connectivity index (χ3n) is 7.23. The van der Waals surface area contributed by atoms with E-state index in [-0.39, 0.29) is 25.1 Å². The fourth-order valence-electron chi connectivity index (χ4n) is 4.42. The highest BCUT2D eigenvalue weighted by atomic mass is 16.6. The van der Waals surface area contributed by atoms with E-state index in [1.54, 1.807) is 0 Å². The molecule has 216 valence electrons. The molecule has 3 N–H and O–H groups in total. The van der Waals surface area contributed by atoms with Crippen molar-refractivity contribution in [1.82, 2.24) is 10.6 Å². The molecule has 9 heteroatoms. The van der Waals surface area contributed by atoms with E-state index in [2.05, 4.69) is 10.6 Å².